The molecule has 0 aliphatic heterocycles. The van der Waals surface area contributed by atoms with Crippen LogP contribution in [0.3, 0.4) is 0 Å². The van der Waals surface area contributed by atoms with Gasteiger partial charge >= 0.3 is 12.1 Å². The summed E-state index contributed by atoms with van der Waals surface area (Å²) in [6.07, 6.45) is 14.8. The first kappa shape index (κ1) is 26.1. The summed E-state index contributed by atoms with van der Waals surface area (Å²) in [6.45, 7) is 5.08. The van der Waals surface area contributed by atoms with Crippen molar-refractivity contribution in [1.82, 2.24) is 5.32 Å². The minimum absolute atomic E-state index is 0.351. The van der Waals surface area contributed by atoms with Crippen molar-refractivity contribution >= 4 is 23.8 Å². The van der Waals surface area contributed by atoms with Crippen molar-refractivity contribution in [2.45, 2.75) is 96.9 Å². The van der Waals surface area contributed by atoms with Crippen LogP contribution >= 0.6 is 11.8 Å². The molecule has 1 amide bonds. The number of nitrogens with one attached hydrogen (secondary N) is 1. The average Bonchev–Trinajstić information content (AvgIpc) is 2.66. The molecule has 0 aliphatic rings. The van der Waals surface area contributed by atoms with Gasteiger partial charge in [-0.15, -0.1) is 0 Å². The molecule has 6 heteroatoms. The van der Waals surface area contributed by atoms with Crippen molar-refractivity contribution in [3.63, 3.8) is 0 Å². The summed E-state index contributed by atoms with van der Waals surface area (Å²) in [7, 11) is 0. The molecule has 0 spiro atoms. The van der Waals surface area contributed by atoms with Crippen molar-refractivity contribution in [3.8, 4) is 0 Å². The molecule has 0 bridgehead atoms. The Labute approximate surface area is 170 Å². The topological polar surface area (TPSA) is 64.6 Å². The van der Waals surface area contributed by atoms with Gasteiger partial charge in [-0.05, 0) is 31.3 Å². The van der Waals surface area contributed by atoms with E-state index >= 15 is 0 Å². The van der Waals surface area contributed by atoms with Crippen LogP contribution in [0.4, 0.5) is 4.79 Å². The van der Waals surface area contributed by atoms with E-state index in [1.807, 2.05) is 13.2 Å². The van der Waals surface area contributed by atoms with Crippen molar-refractivity contribution in [2.75, 3.05) is 25.2 Å². The quantitative estimate of drug-likeness (QED) is 0.235. The Bertz CT molecular complexity index is 366. The van der Waals surface area contributed by atoms with E-state index in [2.05, 4.69) is 12.2 Å². The zero-order valence-electron chi connectivity index (χ0n) is 17.7. The Morgan fingerprint density at radius 1 is 0.815 bits per heavy atom. The van der Waals surface area contributed by atoms with Crippen molar-refractivity contribution in [3.05, 3.63) is 0 Å². The number of carbonyl (C=O) groups is 2. The molecule has 0 rings (SSSR count). The van der Waals surface area contributed by atoms with Gasteiger partial charge in [0.25, 0.3) is 0 Å². The smallest absolute Gasteiger partial charge is 0.407 e. The molecule has 0 saturated heterocycles. The molecular formula is C21H41NO4S. The Hall–Kier alpha value is -0.910. The normalized spacial score (nSPS) is 11.8. The highest BCUT2D eigenvalue weighted by atomic mass is 32.2. The maximum atomic E-state index is 12.2. The van der Waals surface area contributed by atoms with Crippen LogP contribution in [0.5, 0.6) is 0 Å². The molecule has 5 nitrogen and oxygen atoms in total. The number of hydrogen-bond donors (Lipinski definition) is 1. The number of hydrogen-bond acceptors (Lipinski definition) is 5. The highest BCUT2D eigenvalue weighted by molar-refractivity contribution is 7.98. The second kappa shape index (κ2) is 19.8. The Morgan fingerprint density at radius 3 is 1.96 bits per heavy atom. The largest absolute Gasteiger partial charge is 0.464 e. The van der Waals surface area contributed by atoms with Crippen molar-refractivity contribution in [1.29, 1.82) is 0 Å². The fourth-order valence-electron chi connectivity index (χ4n) is 2.66. The van der Waals surface area contributed by atoms with Gasteiger partial charge in [0, 0.05) is 0 Å². The third-order valence-corrected chi connectivity index (χ3v) is 5.05. The molecule has 0 unspecified atom stereocenters. The molecule has 0 radical (unpaired) electrons. The van der Waals surface area contributed by atoms with Gasteiger partial charge in [0.1, 0.15) is 6.04 Å². The van der Waals surface area contributed by atoms with Crippen LogP contribution in [0.2, 0.25) is 0 Å². The lowest BCUT2D eigenvalue weighted by atomic mass is 10.1. The summed E-state index contributed by atoms with van der Waals surface area (Å²) < 4.78 is 10.5. The van der Waals surface area contributed by atoms with Gasteiger partial charge in [-0.2, -0.15) is 11.8 Å². The molecular weight excluding hydrogens is 362 g/mol. The van der Waals surface area contributed by atoms with E-state index in [-0.39, 0.29) is 5.97 Å². The van der Waals surface area contributed by atoms with Gasteiger partial charge in [-0.3, -0.25) is 0 Å². The first-order valence-corrected chi connectivity index (χ1v) is 12.1. The number of ether oxygens (including phenoxy) is 2. The molecule has 0 fully saturated rings. The number of rotatable bonds is 18. The van der Waals surface area contributed by atoms with Gasteiger partial charge in [0.15, 0.2) is 0 Å². The Kier molecular flexibility index (Phi) is 19.2. The molecule has 0 aromatic rings. The highest BCUT2D eigenvalue weighted by Crippen LogP contribution is 2.10. The van der Waals surface area contributed by atoms with Crippen LogP contribution in [-0.2, 0) is 14.3 Å². The number of unbranched alkanes of at least 4 members (excludes halogenated alkanes) is 9. The summed E-state index contributed by atoms with van der Waals surface area (Å²) in [4.78, 5) is 24.0. The predicted molar refractivity (Wildman–Crippen MR) is 114 cm³/mol. The number of esters is 1. The summed E-state index contributed by atoms with van der Waals surface area (Å²) >= 11 is 1.64. The van der Waals surface area contributed by atoms with E-state index in [4.69, 9.17) is 9.47 Å². The van der Waals surface area contributed by atoms with Gasteiger partial charge < -0.3 is 14.8 Å². The second-order valence-electron chi connectivity index (χ2n) is 6.96. The molecule has 160 valence electrons. The van der Waals surface area contributed by atoms with Crippen LogP contribution in [-0.4, -0.2) is 43.3 Å². The minimum atomic E-state index is -0.620. The van der Waals surface area contributed by atoms with E-state index < -0.39 is 12.1 Å². The number of amides is 1. The first-order chi connectivity index (χ1) is 13.2. The summed E-state index contributed by atoms with van der Waals surface area (Å²) in [5.74, 6) is 0.434. The lowest BCUT2D eigenvalue weighted by Gasteiger charge is -2.17. The molecule has 0 aromatic heterocycles. The van der Waals surface area contributed by atoms with E-state index in [0.717, 1.165) is 31.4 Å². The Balaban J connectivity index is 3.89. The third-order valence-electron chi connectivity index (χ3n) is 4.41. The second-order valence-corrected chi connectivity index (χ2v) is 7.95. The monoisotopic (exact) mass is 403 g/mol. The fourth-order valence-corrected chi connectivity index (χ4v) is 3.14. The zero-order chi connectivity index (χ0) is 20.2. The van der Waals surface area contributed by atoms with Gasteiger partial charge in [-0.1, -0.05) is 71.6 Å². The molecule has 1 atom stereocenters. The first-order valence-electron chi connectivity index (χ1n) is 10.7. The summed E-state index contributed by atoms with van der Waals surface area (Å²) in [5, 5.41) is 2.65. The molecule has 0 heterocycles. The molecule has 27 heavy (non-hydrogen) atoms. The SMILES string of the molecule is CCCCCCCCCCCOC(=O)[C@H](CCSC)NC(=O)OCCCC. The molecule has 0 aliphatic carbocycles. The summed E-state index contributed by atoms with van der Waals surface area (Å²) in [5.41, 5.74) is 0. The van der Waals surface area contributed by atoms with Gasteiger partial charge in [0.05, 0.1) is 13.2 Å². The van der Waals surface area contributed by atoms with Crippen LogP contribution in [0, 0.1) is 0 Å². The van der Waals surface area contributed by atoms with Gasteiger partial charge in [-0.25, -0.2) is 9.59 Å². The van der Waals surface area contributed by atoms with Crippen LogP contribution in [0.15, 0.2) is 0 Å². The molecule has 1 N–H and O–H groups in total. The lowest BCUT2D eigenvalue weighted by molar-refractivity contribution is -0.146. The van der Waals surface area contributed by atoms with E-state index in [9.17, 15) is 9.59 Å². The summed E-state index contributed by atoms with van der Waals surface area (Å²) in [6, 6.07) is -0.620. The number of thioether (sulfide) groups is 1. The molecule has 0 aromatic carbocycles. The number of alkyl carbamates (subject to hydrolysis) is 1. The minimum Gasteiger partial charge on any atom is -0.464 e. The fraction of sp³-hybridized carbons (Fsp3) is 0.905. The predicted octanol–water partition coefficient (Wildman–Crippen LogP) is 5.71. The molecule has 0 saturated carbocycles. The van der Waals surface area contributed by atoms with Gasteiger partial charge in [0.2, 0.25) is 0 Å². The zero-order valence-corrected chi connectivity index (χ0v) is 18.5. The maximum Gasteiger partial charge on any atom is 0.407 e. The standard InChI is InChI=1S/C21H41NO4S/c1-4-6-8-9-10-11-12-13-14-17-25-20(23)19(15-18-27-3)22-21(24)26-16-7-5-2/h19H,4-18H2,1-3H3,(H,22,24)/t19-/m0/s1. The number of carbonyl (C=O) groups excluding carboxylic acids is 2. The highest BCUT2D eigenvalue weighted by Gasteiger charge is 2.22. The van der Waals surface area contributed by atoms with E-state index in [0.29, 0.717) is 19.6 Å². The van der Waals surface area contributed by atoms with Crippen LogP contribution in [0.1, 0.15) is 90.9 Å². The van der Waals surface area contributed by atoms with Crippen LogP contribution < -0.4 is 5.32 Å². The van der Waals surface area contributed by atoms with Crippen LogP contribution in [0.25, 0.3) is 0 Å². The van der Waals surface area contributed by atoms with E-state index in [1.165, 1.54) is 44.9 Å². The van der Waals surface area contributed by atoms with Crippen molar-refractivity contribution < 1.29 is 19.1 Å². The average molecular weight is 404 g/mol. The Morgan fingerprint density at radius 2 is 1.37 bits per heavy atom. The lowest BCUT2D eigenvalue weighted by Crippen LogP contribution is -2.42. The van der Waals surface area contributed by atoms with E-state index in [1.54, 1.807) is 11.8 Å². The third kappa shape index (κ3) is 17.0. The van der Waals surface area contributed by atoms with Crippen molar-refractivity contribution in [2.24, 2.45) is 0 Å². The maximum absolute atomic E-state index is 12.2.